The van der Waals surface area contributed by atoms with Crippen molar-refractivity contribution >= 4 is 29.1 Å². The Hall–Kier alpha value is -3.01. The summed E-state index contributed by atoms with van der Waals surface area (Å²) in [6.45, 7) is -2.02. The number of piperazine rings is 1. The topological polar surface area (TPSA) is 76.2 Å². The molecule has 0 unspecified atom stereocenters. The van der Waals surface area contributed by atoms with Crippen LogP contribution in [0.1, 0.15) is 20.0 Å². The van der Waals surface area contributed by atoms with Crippen LogP contribution in [0.25, 0.3) is 0 Å². The van der Waals surface area contributed by atoms with Crippen molar-refractivity contribution in [3.05, 3.63) is 52.2 Å². The van der Waals surface area contributed by atoms with Gasteiger partial charge >= 0.3 is 12.6 Å². The number of hydrogen-bond donors (Lipinski definition) is 0. The minimum absolute atomic E-state index is 0.00214. The number of nitrogens with zero attached hydrogens (tertiary/aromatic N) is 2. The highest BCUT2D eigenvalue weighted by molar-refractivity contribution is 7.12. The summed E-state index contributed by atoms with van der Waals surface area (Å²) < 4.78 is 33.7. The van der Waals surface area contributed by atoms with E-state index in [-0.39, 0.29) is 23.1 Å². The number of ether oxygens (including phenoxy) is 2. The maximum absolute atomic E-state index is 12.3. The van der Waals surface area contributed by atoms with Gasteiger partial charge < -0.3 is 19.3 Å². The normalized spacial score (nSPS) is 14.0. The molecule has 29 heavy (non-hydrogen) atoms. The van der Waals surface area contributed by atoms with Gasteiger partial charge in [0.1, 0.15) is 5.75 Å². The Bertz CT molecular complexity index is 867. The minimum atomic E-state index is -3.01. The Morgan fingerprint density at radius 2 is 1.76 bits per heavy atom. The molecule has 2 amide bonds. The Balaban J connectivity index is 1.46. The zero-order valence-corrected chi connectivity index (χ0v) is 16.1. The lowest BCUT2D eigenvalue weighted by Crippen LogP contribution is -2.51. The van der Waals surface area contributed by atoms with E-state index in [1.54, 1.807) is 17.0 Å². The van der Waals surface area contributed by atoms with Crippen molar-refractivity contribution in [2.75, 3.05) is 32.8 Å². The zero-order chi connectivity index (χ0) is 20.8. The molecule has 0 radical (unpaired) electrons. The highest BCUT2D eigenvalue weighted by Crippen LogP contribution is 2.17. The molecular formula is C19H18F2N2O5S. The maximum Gasteiger partial charge on any atom is 0.387 e. The Labute approximate surface area is 169 Å². The number of benzene rings is 1. The summed E-state index contributed by atoms with van der Waals surface area (Å²) in [4.78, 5) is 40.5. The van der Waals surface area contributed by atoms with Crippen molar-refractivity contribution in [3.8, 4) is 5.75 Å². The molecule has 0 spiro atoms. The molecule has 0 atom stereocenters. The van der Waals surface area contributed by atoms with Crippen LogP contribution in [0, 0.1) is 0 Å². The summed E-state index contributed by atoms with van der Waals surface area (Å²) in [7, 11) is 0. The monoisotopic (exact) mass is 424 g/mol. The molecule has 1 saturated heterocycles. The fraction of sp³-hybridized carbons (Fsp3) is 0.316. The number of carbonyl (C=O) groups is 3. The fourth-order valence-electron chi connectivity index (χ4n) is 2.82. The van der Waals surface area contributed by atoms with Gasteiger partial charge in [0.25, 0.3) is 11.8 Å². The van der Waals surface area contributed by atoms with Gasteiger partial charge in [-0.1, -0.05) is 12.1 Å². The first-order valence-electron chi connectivity index (χ1n) is 8.76. The van der Waals surface area contributed by atoms with Crippen LogP contribution < -0.4 is 4.74 Å². The SMILES string of the molecule is O=C(OCC(=O)N1CCN(C(=O)c2cccs2)CC1)c1cccc(OC(F)F)c1. The molecule has 1 fully saturated rings. The average Bonchev–Trinajstić information content (AvgIpc) is 3.26. The molecule has 0 saturated carbocycles. The predicted molar refractivity (Wildman–Crippen MR) is 100 cm³/mol. The molecule has 1 aromatic heterocycles. The van der Waals surface area contributed by atoms with Crippen LogP contribution in [0.3, 0.4) is 0 Å². The third kappa shape index (κ3) is 5.50. The van der Waals surface area contributed by atoms with Gasteiger partial charge in [0.05, 0.1) is 10.4 Å². The molecule has 0 N–H and O–H groups in total. The van der Waals surface area contributed by atoms with E-state index in [1.807, 2.05) is 5.38 Å². The van der Waals surface area contributed by atoms with Gasteiger partial charge in [0.2, 0.25) is 0 Å². The van der Waals surface area contributed by atoms with Gasteiger partial charge in [-0.05, 0) is 29.6 Å². The summed E-state index contributed by atoms with van der Waals surface area (Å²) in [5.41, 5.74) is 0.00214. The fourth-order valence-corrected chi connectivity index (χ4v) is 3.51. The number of rotatable bonds is 6. The van der Waals surface area contributed by atoms with Crippen LogP contribution in [0.5, 0.6) is 5.75 Å². The number of alkyl halides is 2. The molecule has 0 aliphatic carbocycles. The third-order valence-electron chi connectivity index (χ3n) is 4.27. The second kappa shape index (κ2) is 9.46. The van der Waals surface area contributed by atoms with Crippen molar-refractivity contribution in [1.82, 2.24) is 9.80 Å². The highest BCUT2D eigenvalue weighted by Gasteiger charge is 2.26. The predicted octanol–water partition coefficient (Wildman–Crippen LogP) is 2.49. The molecule has 2 heterocycles. The van der Waals surface area contributed by atoms with Gasteiger partial charge in [-0.2, -0.15) is 8.78 Å². The largest absolute Gasteiger partial charge is 0.452 e. The minimum Gasteiger partial charge on any atom is -0.452 e. The van der Waals surface area contributed by atoms with E-state index < -0.39 is 19.2 Å². The number of hydrogen-bond acceptors (Lipinski definition) is 6. The molecule has 10 heteroatoms. The van der Waals surface area contributed by atoms with Crippen molar-refractivity contribution in [3.63, 3.8) is 0 Å². The van der Waals surface area contributed by atoms with Crippen molar-refractivity contribution in [2.24, 2.45) is 0 Å². The van der Waals surface area contributed by atoms with E-state index in [1.165, 1.54) is 34.4 Å². The molecule has 7 nitrogen and oxygen atoms in total. The molecule has 3 rings (SSSR count). The molecule has 1 aliphatic rings. The smallest absolute Gasteiger partial charge is 0.387 e. The van der Waals surface area contributed by atoms with Gasteiger partial charge in [0, 0.05) is 26.2 Å². The summed E-state index contributed by atoms with van der Waals surface area (Å²) in [6.07, 6.45) is 0. The van der Waals surface area contributed by atoms with Crippen LogP contribution in [0.2, 0.25) is 0 Å². The van der Waals surface area contributed by atoms with Gasteiger partial charge in [-0.3, -0.25) is 9.59 Å². The first-order valence-corrected chi connectivity index (χ1v) is 9.64. The van der Waals surface area contributed by atoms with Crippen molar-refractivity contribution in [2.45, 2.75) is 6.61 Å². The standard InChI is InChI=1S/C19H18F2N2O5S/c20-19(21)28-14-4-1-3-13(11-14)18(26)27-12-16(24)22-6-8-23(9-7-22)17(25)15-5-2-10-29-15/h1-5,10-11,19H,6-9,12H2. The maximum atomic E-state index is 12.3. The van der Waals surface area contributed by atoms with Crippen molar-refractivity contribution < 1.29 is 32.6 Å². The molecule has 2 aromatic rings. The summed E-state index contributed by atoms with van der Waals surface area (Å²) >= 11 is 1.37. The number of halogens is 2. The molecule has 1 aromatic carbocycles. The van der Waals surface area contributed by atoms with Gasteiger partial charge in [-0.25, -0.2) is 4.79 Å². The van der Waals surface area contributed by atoms with Crippen molar-refractivity contribution in [1.29, 1.82) is 0 Å². The van der Waals surface area contributed by atoms with Crippen LogP contribution >= 0.6 is 11.3 Å². The number of thiophene rings is 1. The van der Waals surface area contributed by atoms with E-state index in [0.717, 1.165) is 6.07 Å². The van der Waals surface area contributed by atoms with E-state index in [4.69, 9.17) is 4.74 Å². The Kier molecular flexibility index (Phi) is 6.76. The Morgan fingerprint density at radius 1 is 1.03 bits per heavy atom. The summed E-state index contributed by atoms with van der Waals surface area (Å²) in [5, 5.41) is 1.83. The second-order valence-corrected chi connectivity index (χ2v) is 7.08. The number of esters is 1. The van der Waals surface area contributed by atoms with E-state index in [9.17, 15) is 23.2 Å². The lowest BCUT2D eigenvalue weighted by molar-refractivity contribution is -0.136. The second-order valence-electron chi connectivity index (χ2n) is 6.13. The van der Waals surface area contributed by atoms with Crippen LogP contribution in [-0.2, 0) is 9.53 Å². The highest BCUT2D eigenvalue weighted by atomic mass is 32.1. The van der Waals surface area contributed by atoms with Crippen LogP contribution in [-0.4, -0.2) is 67.0 Å². The summed E-state index contributed by atoms with van der Waals surface area (Å²) in [6, 6.07) is 8.71. The van der Waals surface area contributed by atoms with E-state index in [2.05, 4.69) is 4.74 Å². The van der Waals surface area contributed by atoms with Gasteiger partial charge in [-0.15, -0.1) is 11.3 Å². The number of amides is 2. The average molecular weight is 424 g/mol. The van der Waals surface area contributed by atoms with E-state index >= 15 is 0 Å². The quantitative estimate of drug-likeness (QED) is 0.666. The lowest BCUT2D eigenvalue weighted by atomic mass is 10.2. The molecule has 0 bridgehead atoms. The molecule has 154 valence electrons. The van der Waals surface area contributed by atoms with Crippen LogP contribution in [0.4, 0.5) is 8.78 Å². The third-order valence-corrected chi connectivity index (χ3v) is 5.13. The van der Waals surface area contributed by atoms with Crippen LogP contribution in [0.15, 0.2) is 41.8 Å². The van der Waals surface area contributed by atoms with Gasteiger partial charge in [0.15, 0.2) is 6.61 Å². The number of carbonyl (C=O) groups excluding carboxylic acids is 3. The van der Waals surface area contributed by atoms with E-state index in [0.29, 0.717) is 31.1 Å². The lowest BCUT2D eigenvalue weighted by Gasteiger charge is -2.34. The first kappa shape index (κ1) is 20.7. The molecular weight excluding hydrogens is 406 g/mol. The first-order chi connectivity index (χ1) is 13.9. The summed E-state index contributed by atoms with van der Waals surface area (Å²) in [5.74, 6) is -1.44. The Morgan fingerprint density at radius 3 is 2.41 bits per heavy atom. The molecule has 1 aliphatic heterocycles. The zero-order valence-electron chi connectivity index (χ0n) is 15.3.